The lowest BCUT2D eigenvalue weighted by Crippen LogP contribution is -2.59. The number of piperidine rings is 1. The average Bonchev–Trinajstić information content (AvgIpc) is 2.00. The third kappa shape index (κ3) is 2.12. The Labute approximate surface area is 88.1 Å². The lowest BCUT2D eigenvalue weighted by atomic mass is 9.75. The van der Waals surface area contributed by atoms with Gasteiger partial charge in [0.15, 0.2) is 0 Å². The molecule has 0 aliphatic carbocycles. The molecule has 2 heterocycles. The zero-order valence-electron chi connectivity index (χ0n) is 9.84. The van der Waals surface area contributed by atoms with Gasteiger partial charge in [-0.05, 0) is 37.3 Å². The van der Waals surface area contributed by atoms with Crippen molar-refractivity contribution in [3.05, 3.63) is 0 Å². The normalized spacial score (nSPS) is 27.6. The van der Waals surface area contributed by atoms with E-state index >= 15 is 0 Å². The van der Waals surface area contributed by atoms with Crippen LogP contribution in [-0.4, -0.2) is 37.1 Å². The summed E-state index contributed by atoms with van der Waals surface area (Å²) in [5.41, 5.74) is 0.518. The summed E-state index contributed by atoms with van der Waals surface area (Å²) in [5, 5.41) is 3.36. The molecule has 0 saturated carbocycles. The second-order valence-corrected chi connectivity index (χ2v) is 5.99. The number of likely N-dealkylation sites (tertiary alicyclic amines) is 1. The molecular formula is C12H24N2. The van der Waals surface area contributed by atoms with E-state index in [4.69, 9.17) is 0 Å². The minimum absolute atomic E-state index is 0.518. The molecule has 2 nitrogen and oxygen atoms in total. The second-order valence-electron chi connectivity index (χ2n) is 5.99. The van der Waals surface area contributed by atoms with Crippen molar-refractivity contribution >= 4 is 0 Å². The van der Waals surface area contributed by atoms with Crippen LogP contribution in [0.25, 0.3) is 0 Å². The van der Waals surface area contributed by atoms with Crippen LogP contribution in [0.2, 0.25) is 0 Å². The smallest absolute Gasteiger partial charge is 0.0345 e. The maximum Gasteiger partial charge on any atom is 0.0345 e. The van der Waals surface area contributed by atoms with Crippen LogP contribution in [0.15, 0.2) is 0 Å². The second kappa shape index (κ2) is 3.82. The first kappa shape index (κ1) is 10.4. The molecule has 2 heteroatoms. The molecule has 2 rings (SSSR count). The molecular weight excluding hydrogens is 172 g/mol. The Morgan fingerprint density at radius 3 is 2.00 bits per heavy atom. The quantitative estimate of drug-likeness (QED) is 0.687. The summed E-state index contributed by atoms with van der Waals surface area (Å²) in [6.45, 7) is 12.3. The first-order chi connectivity index (χ1) is 6.57. The highest BCUT2D eigenvalue weighted by molar-refractivity contribution is 4.89. The van der Waals surface area contributed by atoms with Crippen LogP contribution >= 0.6 is 0 Å². The van der Waals surface area contributed by atoms with Gasteiger partial charge in [0.2, 0.25) is 0 Å². The third-order valence-electron chi connectivity index (χ3n) is 4.03. The minimum Gasteiger partial charge on any atom is -0.314 e. The molecule has 0 aromatic heterocycles. The van der Waals surface area contributed by atoms with Crippen LogP contribution in [0.1, 0.15) is 33.6 Å². The van der Waals surface area contributed by atoms with E-state index in [-0.39, 0.29) is 0 Å². The molecule has 0 aromatic rings. The molecule has 0 unspecified atom stereocenters. The summed E-state index contributed by atoms with van der Waals surface area (Å²) in [7, 11) is 0. The average molecular weight is 196 g/mol. The molecule has 1 N–H and O–H groups in total. The lowest BCUT2D eigenvalue weighted by Gasteiger charge is -2.45. The van der Waals surface area contributed by atoms with Crippen LogP contribution in [0.5, 0.6) is 0 Å². The van der Waals surface area contributed by atoms with Crippen LogP contribution in [0, 0.1) is 11.3 Å². The van der Waals surface area contributed by atoms with Crippen LogP contribution in [-0.2, 0) is 0 Å². The molecule has 0 bridgehead atoms. The fraction of sp³-hybridized carbons (Fsp3) is 1.00. The fourth-order valence-corrected chi connectivity index (χ4v) is 2.66. The van der Waals surface area contributed by atoms with E-state index < -0.39 is 0 Å². The van der Waals surface area contributed by atoms with Gasteiger partial charge in [-0.15, -0.1) is 0 Å². The third-order valence-corrected chi connectivity index (χ3v) is 4.03. The highest BCUT2D eigenvalue weighted by Gasteiger charge is 2.32. The first-order valence-electron chi connectivity index (χ1n) is 6.02. The number of nitrogens with one attached hydrogen (secondary N) is 1. The van der Waals surface area contributed by atoms with Crippen molar-refractivity contribution in [1.82, 2.24) is 10.2 Å². The number of hydrogen-bond acceptors (Lipinski definition) is 2. The lowest BCUT2D eigenvalue weighted by molar-refractivity contribution is 0.0632. The standard InChI is InChI=1S/C12H24N2/c1-12(2,3)10-4-6-14(7-5-10)11-8-13-9-11/h10-11,13H,4-9H2,1-3H3. The molecule has 0 atom stereocenters. The van der Waals surface area contributed by atoms with E-state index in [2.05, 4.69) is 31.0 Å². The summed E-state index contributed by atoms with van der Waals surface area (Å²) in [4.78, 5) is 2.68. The first-order valence-corrected chi connectivity index (χ1v) is 6.02. The van der Waals surface area contributed by atoms with Gasteiger partial charge in [-0.3, -0.25) is 4.90 Å². The Kier molecular flexibility index (Phi) is 2.85. The Balaban J connectivity index is 1.80. The molecule has 2 aliphatic heterocycles. The molecule has 2 fully saturated rings. The van der Waals surface area contributed by atoms with Crippen LogP contribution in [0.4, 0.5) is 0 Å². The van der Waals surface area contributed by atoms with Gasteiger partial charge in [0.05, 0.1) is 0 Å². The minimum atomic E-state index is 0.518. The maximum atomic E-state index is 3.36. The number of rotatable bonds is 1. The molecule has 2 saturated heterocycles. The maximum absolute atomic E-state index is 3.36. The largest absolute Gasteiger partial charge is 0.314 e. The van der Waals surface area contributed by atoms with Gasteiger partial charge in [-0.2, -0.15) is 0 Å². The van der Waals surface area contributed by atoms with Crippen molar-refractivity contribution < 1.29 is 0 Å². The van der Waals surface area contributed by atoms with Gasteiger partial charge < -0.3 is 5.32 Å². The zero-order valence-corrected chi connectivity index (χ0v) is 9.84. The molecule has 14 heavy (non-hydrogen) atoms. The molecule has 82 valence electrons. The topological polar surface area (TPSA) is 15.3 Å². The molecule has 0 aromatic carbocycles. The molecule has 0 spiro atoms. The predicted octanol–water partition coefficient (Wildman–Crippen LogP) is 1.72. The summed E-state index contributed by atoms with van der Waals surface area (Å²) in [6.07, 6.45) is 2.81. The van der Waals surface area contributed by atoms with E-state index in [9.17, 15) is 0 Å². The fourth-order valence-electron chi connectivity index (χ4n) is 2.66. The Morgan fingerprint density at radius 1 is 1.07 bits per heavy atom. The van der Waals surface area contributed by atoms with Crippen molar-refractivity contribution in [2.24, 2.45) is 11.3 Å². The summed E-state index contributed by atoms with van der Waals surface area (Å²) < 4.78 is 0. The Bertz CT molecular complexity index is 183. The van der Waals surface area contributed by atoms with Crippen molar-refractivity contribution in [2.75, 3.05) is 26.2 Å². The zero-order chi connectivity index (χ0) is 10.2. The summed E-state index contributed by atoms with van der Waals surface area (Å²) in [6, 6.07) is 0.857. The van der Waals surface area contributed by atoms with Crippen molar-refractivity contribution in [1.29, 1.82) is 0 Å². The predicted molar refractivity (Wildman–Crippen MR) is 60.4 cm³/mol. The van der Waals surface area contributed by atoms with E-state index in [0.29, 0.717) is 5.41 Å². The molecule has 0 amide bonds. The number of nitrogens with zero attached hydrogens (tertiary/aromatic N) is 1. The van der Waals surface area contributed by atoms with E-state index in [0.717, 1.165) is 12.0 Å². The molecule has 2 aliphatic rings. The SMILES string of the molecule is CC(C)(C)C1CCN(C2CNC2)CC1. The van der Waals surface area contributed by atoms with Gasteiger partial charge in [0, 0.05) is 19.1 Å². The highest BCUT2D eigenvalue weighted by Crippen LogP contribution is 2.34. The van der Waals surface area contributed by atoms with Crippen LogP contribution < -0.4 is 5.32 Å². The van der Waals surface area contributed by atoms with Crippen molar-refractivity contribution in [3.8, 4) is 0 Å². The van der Waals surface area contributed by atoms with Crippen molar-refractivity contribution in [3.63, 3.8) is 0 Å². The van der Waals surface area contributed by atoms with Crippen molar-refractivity contribution in [2.45, 2.75) is 39.7 Å². The molecule has 0 radical (unpaired) electrons. The highest BCUT2D eigenvalue weighted by atomic mass is 15.2. The summed E-state index contributed by atoms with van der Waals surface area (Å²) >= 11 is 0. The van der Waals surface area contributed by atoms with Gasteiger partial charge in [0.1, 0.15) is 0 Å². The van der Waals surface area contributed by atoms with Gasteiger partial charge in [-0.1, -0.05) is 20.8 Å². The van der Waals surface area contributed by atoms with E-state index in [1.165, 1.54) is 39.0 Å². The van der Waals surface area contributed by atoms with E-state index in [1.807, 2.05) is 0 Å². The summed E-state index contributed by atoms with van der Waals surface area (Å²) in [5.74, 6) is 0.937. The Hall–Kier alpha value is -0.0800. The van der Waals surface area contributed by atoms with Crippen LogP contribution in [0.3, 0.4) is 0 Å². The van der Waals surface area contributed by atoms with Gasteiger partial charge in [-0.25, -0.2) is 0 Å². The van der Waals surface area contributed by atoms with Gasteiger partial charge >= 0.3 is 0 Å². The van der Waals surface area contributed by atoms with Gasteiger partial charge in [0.25, 0.3) is 0 Å². The number of hydrogen-bond donors (Lipinski definition) is 1. The Morgan fingerprint density at radius 2 is 1.64 bits per heavy atom. The van der Waals surface area contributed by atoms with E-state index in [1.54, 1.807) is 0 Å². The monoisotopic (exact) mass is 196 g/mol.